The first-order valence-corrected chi connectivity index (χ1v) is 12.2. The van der Waals surface area contributed by atoms with Gasteiger partial charge >= 0.3 is 6.03 Å². The van der Waals surface area contributed by atoms with Crippen LogP contribution in [-0.2, 0) is 19.4 Å². The van der Waals surface area contributed by atoms with Crippen LogP contribution in [0.25, 0.3) is 10.4 Å². The first-order valence-electron chi connectivity index (χ1n) is 9.53. The summed E-state index contributed by atoms with van der Waals surface area (Å²) < 4.78 is 42.6. The van der Waals surface area contributed by atoms with Crippen LogP contribution < -0.4 is 10.6 Å². The summed E-state index contributed by atoms with van der Waals surface area (Å²) in [7, 11) is -3.72. The van der Waals surface area contributed by atoms with Gasteiger partial charge in [-0.15, -0.1) is 0 Å². The molecule has 0 radical (unpaired) electrons. The maximum atomic E-state index is 13.9. The number of morpholine rings is 1. The number of hydrogen-bond acceptors (Lipinski definition) is 7. The summed E-state index contributed by atoms with van der Waals surface area (Å²) in [5, 5.41) is 5.52. The molecule has 1 aromatic heterocycles. The third kappa shape index (κ3) is 5.99. The molecule has 2 N–H and O–H groups in total. The van der Waals surface area contributed by atoms with Gasteiger partial charge in [-0.3, -0.25) is 10.1 Å². The van der Waals surface area contributed by atoms with Crippen LogP contribution in [0.15, 0.2) is 23.1 Å². The number of amides is 3. The molecule has 0 atom stereocenters. The summed E-state index contributed by atoms with van der Waals surface area (Å²) in [6, 6.07) is 3.31. The number of aryl methyl sites for hydroxylation is 1. The second-order valence-corrected chi connectivity index (χ2v) is 9.96. The van der Waals surface area contributed by atoms with Gasteiger partial charge < -0.3 is 15.0 Å². The molecule has 12 heteroatoms. The number of sulfone groups is 1. The van der Waals surface area contributed by atoms with Gasteiger partial charge in [0.15, 0.2) is 15.0 Å². The van der Waals surface area contributed by atoms with E-state index in [2.05, 4.69) is 15.6 Å². The normalized spacial score (nSPS) is 14.4. The maximum Gasteiger partial charge on any atom is 0.321 e. The fourth-order valence-corrected chi connectivity index (χ4v) is 4.76. The van der Waals surface area contributed by atoms with Crippen LogP contribution >= 0.6 is 11.3 Å². The highest BCUT2D eigenvalue weighted by atomic mass is 32.2. The molecule has 31 heavy (non-hydrogen) atoms. The Morgan fingerprint density at radius 2 is 2.00 bits per heavy atom. The van der Waals surface area contributed by atoms with Gasteiger partial charge in [0.1, 0.15) is 10.7 Å². The number of benzene rings is 1. The fraction of sp³-hybridized carbons (Fsp3) is 0.421. The number of aromatic nitrogens is 1. The molecule has 2 aromatic rings. The van der Waals surface area contributed by atoms with Crippen molar-refractivity contribution in [2.45, 2.75) is 18.2 Å². The molecule has 1 aliphatic rings. The third-order valence-electron chi connectivity index (χ3n) is 4.60. The monoisotopic (exact) mass is 470 g/mol. The molecule has 0 spiro atoms. The second-order valence-electron chi connectivity index (χ2n) is 6.97. The molecule has 1 aromatic carbocycles. The molecule has 0 aliphatic carbocycles. The predicted molar refractivity (Wildman–Crippen MR) is 114 cm³/mol. The van der Waals surface area contributed by atoms with E-state index in [9.17, 15) is 22.4 Å². The number of anilines is 1. The van der Waals surface area contributed by atoms with E-state index in [1.54, 1.807) is 11.8 Å². The van der Waals surface area contributed by atoms with E-state index in [4.69, 9.17) is 4.74 Å². The lowest BCUT2D eigenvalue weighted by Crippen LogP contribution is -2.42. The van der Waals surface area contributed by atoms with Gasteiger partial charge in [0.25, 0.3) is 0 Å². The van der Waals surface area contributed by atoms with Crippen LogP contribution in [0.5, 0.6) is 0 Å². The van der Waals surface area contributed by atoms with Gasteiger partial charge in [0.2, 0.25) is 5.91 Å². The number of nitrogens with zero attached hydrogens (tertiary/aromatic N) is 2. The summed E-state index contributed by atoms with van der Waals surface area (Å²) in [5.74, 6) is -0.869. The highest BCUT2D eigenvalue weighted by Gasteiger charge is 2.19. The summed E-state index contributed by atoms with van der Waals surface area (Å²) in [6.45, 7) is 4.03. The summed E-state index contributed by atoms with van der Waals surface area (Å²) in [4.78, 5) is 30.4. The van der Waals surface area contributed by atoms with E-state index >= 15 is 0 Å². The minimum atomic E-state index is -3.72. The molecule has 0 unspecified atom stereocenters. The van der Waals surface area contributed by atoms with Gasteiger partial charge in [-0.2, -0.15) is 0 Å². The van der Waals surface area contributed by atoms with E-state index in [1.165, 1.54) is 12.1 Å². The number of hydrogen-bond donors (Lipinski definition) is 2. The third-order valence-corrected chi connectivity index (χ3v) is 6.83. The predicted octanol–water partition coefficient (Wildman–Crippen LogP) is 2.03. The van der Waals surface area contributed by atoms with Crippen molar-refractivity contribution in [2.24, 2.45) is 0 Å². The number of ether oxygens (including phenoxy) is 1. The van der Waals surface area contributed by atoms with Gasteiger partial charge in [-0.25, -0.2) is 22.6 Å². The Balaban J connectivity index is 1.59. The SMILES string of the molecule is Cc1nc(NC(=O)NCCC(=O)N2CCOCC2)sc1-c1ccc(F)c(S(C)(=O)=O)c1. The van der Waals surface area contributed by atoms with Crippen LogP contribution in [-0.4, -0.2) is 69.3 Å². The lowest BCUT2D eigenvalue weighted by molar-refractivity contribution is -0.135. The van der Waals surface area contributed by atoms with Crippen molar-refractivity contribution >= 4 is 38.2 Å². The number of rotatable bonds is 6. The first-order chi connectivity index (χ1) is 14.6. The Morgan fingerprint density at radius 3 is 2.68 bits per heavy atom. The van der Waals surface area contributed by atoms with Crippen LogP contribution in [0.4, 0.5) is 14.3 Å². The quantitative estimate of drug-likeness (QED) is 0.667. The van der Waals surface area contributed by atoms with Crippen LogP contribution in [0.2, 0.25) is 0 Å². The molecule has 0 bridgehead atoms. The van der Waals surface area contributed by atoms with Crippen molar-refractivity contribution in [1.82, 2.24) is 15.2 Å². The van der Waals surface area contributed by atoms with Crippen molar-refractivity contribution in [3.8, 4) is 10.4 Å². The van der Waals surface area contributed by atoms with Crippen LogP contribution in [0.3, 0.4) is 0 Å². The Kier molecular flexibility index (Phi) is 7.23. The molecule has 168 valence electrons. The lowest BCUT2D eigenvalue weighted by atomic mass is 10.1. The minimum absolute atomic E-state index is 0.0473. The van der Waals surface area contributed by atoms with E-state index in [0.717, 1.165) is 23.7 Å². The number of thiazole rings is 1. The fourth-order valence-electron chi connectivity index (χ4n) is 3.04. The Morgan fingerprint density at radius 1 is 1.29 bits per heavy atom. The largest absolute Gasteiger partial charge is 0.378 e. The number of carbonyl (C=O) groups is 2. The van der Waals surface area contributed by atoms with Gasteiger partial charge in [0.05, 0.1) is 23.8 Å². The van der Waals surface area contributed by atoms with Gasteiger partial charge in [-0.1, -0.05) is 17.4 Å². The van der Waals surface area contributed by atoms with E-state index in [0.29, 0.717) is 47.6 Å². The first kappa shape index (κ1) is 23.1. The molecular formula is C19H23FN4O5S2. The Hall–Kier alpha value is -2.57. The number of nitrogens with one attached hydrogen (secondary N) is 2. The average molecular weight is 471 g/mol. The van der Waals surface area contributed by atoms with Crippen LogP contribution in [0.1, 0.15) is 12.1 Å². The molecule has 3 rings (SSSR count). The van der Waals surface area contributed by atoms with Crippen LogP contribution in [0, 0.1) is 12.7 Å². The molecular weight excluding hydrogens is 447 g/mol. The standard InChI is InChI=1S/C19H23FN4O5S2/c1-12-17(13-3-4-14(20)15(11-13)31(2,27)28)30-19(22-12)23-18(26)21-6-5-16(25)24-7-9-29-10-8-24/h3-4,11H,5-10H2,1-2H3,(H2,21,22,23,26). The molecule has 9 nitrogen and oxygen atoms in total. The van der Waals surface area contributed by atoms with Gasteiger partial charge in [0, 0.05) is 32.3 Å². The van der Waals surface area contributed by atoms with Gasteiger partial charge in [-0.05, 0) is 24.6 Å². The molecule has 3 amide bonds. The molecule has 1 saturated heterocycles. The van der Waals surface area contributed by atoms with E-state index in [1.807, 2.05) is 0 Å². The topological polar surface area (TPSA) is 118 Å². The highest BCUT2D eigenvalue weighted by molar-refractivity contribution is 7.90. The van der Waals surface area contributed by atoms with Crippen molar-refractivity contribution < 1.29 is 27.1 Å². The Labute approximate surface area is 183 Å². The maximum absolute atomic E-state index is 13.9. The number of halogens is 1. The van der Waals surface area contributed by atoms with E-state index < -0.39 is 26.6 Å². The minimum Gasteiger partial charge on any atom is -0.378 e. The molecule has 0 saturated carbocycles. The lowest BCUT2D eigenvalue weighted by Gasteiger charge is -2.26. The molecule has 2 heterocycles. The smallest absolute Gasteiger partial charge is 0.321 e. The molecule has 1 aliphatic heterocycles. The van der Waals surface area contributed by atoms with Crippen molar-refractivity contribution in [3.63, 3.8) is 0 Å². The zero-order valence-corrected chi connectivity index (χ0v) is 18.7. The zero-order valence-electron chi connectivity index (χ0n) is 17.1. The highest BCUT2D eigenvalue weighted by Crippen LogP contribution is 2.34. The average Bonchev–Trinajstić information content (AvgIpc) is 3.08. The number of carbonyl (C=O) groups excluding carboxylic acids is 2. The summed E-state index contributed by atoms with van der Waals surface area (Å²) >= 11 is 1.14. The summed E-state index contributed by atoms with van der Waals surface area (Å²) in [5.41, 5.74) is 1.05. The van der Waals surface area contributed by atoms with Crippen molar-refractivity contribution in [2.75, 3.05) is 44.4 Å². The second kappa shape index (κ2) is 9.71. The number of urea groups is 1. The van der Waals surface area contributed by atoms with Crippen molar-refractivity contribution in [3.05, 3.63) is 29.7 Å². The summed E-state index contributed by atoms with van der Waals surface area (Å²) in [6.07, 6.45) is 1.12. The Bertz CT molecular complexity index is 1080. The zero-order chi connectivity index (χ0) is 22.6. The van der Waals surface area contributed by atoms with E-state index in [-0.39, 0.29) is 18.9 Å². The van der Waals surface area contributed by atoms with Crippen molar-refractivity contribution in [1.29, 1.82) is 0 Å². The molecule has 1 fully saturated rings.